The maximum absolute atomic E-state index is 6.01. The van der Waals surface area contributed by atoms with Crippen molar-refractivity contribution in [2.45, 2.75) is 18.7 Å². The highest BCUT2D eigenvalue weighted by Gasteiger charge is 2.17. The van der Waals surface area contributed by atoms with E-state index < -0.39 is 0 Å². The molecule has 1 atom stereocenters. The minimum absolute atomic E-state index is 0.298. The number of hydrogen-bond acceptors (Lipinski definition) is 6. The summed E-state index contributed by atoms with van der Waals surface area (Å²) in [4.78, 5) is 5.33. The van der Waals surface area contributed by atoms with E-state index in [0.29, 0.717) is 11.7 Å². The third-order valence-electron chi connectivity index (χ3n) is 2.03. The molecule has 0 aliphatic heterocycles. The predicted octanol–water partition coefficient (Wildman–Crippen LogP) is 2.43. The van der Waals surface area contributed by atoms with E-state index in [9.17, 15) is 0 Å². The highest BCUT2D eigenvalue weighted by molar-refractivity contribution is 7.98. The molecule has 6 heteroatoms. The Labute approximate surface area is 102 Å². The molecular formula is C10H13N3OS2. The summed E-state index contributed by atoms with van der Waals surface area (Å²) in [5, 5.41) is 5.89. The Morgan fingerprint density at radius 3 is 3.19 bits per heavy atom. The third-order valence-corrected chi connectivity index (χ3v) is 3.86. The van der Waals surface area contributed by atoms with Gasteiger partial charge in [0.05, 0.1) is 5.75 Å². The maximum Gasteiger partial charge on any atom is 0.249 e. The van der Waals surface area contributed by atoms with E-state index >= 15 is 0 Å². The topological polar surface area (TPSA) is 64.9 Å². The van der Waals surface area contributed by atoms with Gasteiger partial charge in [0.25, 0.3) is 0 Å². The molecular weight excluding hydrogens is 242 g/mol. The van der Waals surface area contributed by atoms with Gasteiger partial charge in [-0.2, -0.15) is 16.7 Å². The van der Waals surface area contributed by atoms with Gasteiger partial charge in [-0.1, -0.05) is 18.1 Å². The fourth-order valence-corrected chi connectivity index (χ4v) is 2.46. The summed E-state index contributed by atoms with van der Waals surface area (Å²) in [6.07, 6.45) is 0. The van der Waals surface area contributed by atoms with Crippen molar-refractivity contribution in [1.29, 1.82) is 0 Å². The van der Waals surface area contributed by atoms with Crippen molar-refractivity contribution in [2.24, 2.45) is 5.73 Å². The van der Waals surface area contributed by atoms with Crippen molar-refractivity contribution < 1.29 is 4.52 Å². The zero-order chi connectivity index (χ0) is 11.4. The van der Waals surface area contributed by atoms with Crippen molar-refractivity contribution in [3.63, 3.8) is 0 Å². The Hall–Kier alpha value is -0.850. The molecule has 2 aromatic rings. The van der Waals surface area contributed by atoms with Crippen LogP contribution in [-0.4, -0.2) is 15.9 Å². The van der Waals surface area contributed by atoms with Gasteiger partial charge >= 0.3 is 0 Å². The minimum Gasteiger partial charge on any atom is -0.337 e. The Kier molecular flexibility index (Phi) is 3.98. The molecule has 0 radical (unpaired) electrons. The maximum atomic E-state index is 6.01. The first-order valence-corrected chi connectivity index (χ1v) is 7.04. The fraction of sp³-hybridized carbons (Fsp3) is 0.400. The monoisotopic (exact) mass is 255 g/mol. The van der Waals surface area contributed by atoms with Gasteiger partial charge in [0.2, 0.25) is 5.89 Å². The first kappa shape index (κ1) is 11.6. The van der Waals surface area contributed by atoms with Crippen LogP contribution in [0, 0.1) is 0 Å². The van der Waals surface area contributed by atoms with Crippen LogP contribution in [0.3, 0.4) is 0 Å². The number of thioether (sulfide) groups is 1. The SMILES string of the molecule is CCSCc1noc(C(N)c2cccs2)n1. The molecule has 0 aliphatic carbocycles. The van der Waals surface area contributed by atoms with E-state index in [1.54, 1.807) is 23.1 Å². The van der Waals surface area contributed by atoms with E-state index in [1.165, 1.54) is 0 Å². The minimum atomic E-state index is -0.298. The molecule has 0 saturated carbocycles. The summed E-state index contributed by atoms with van der Waals surface area (Å²) in [5.41, 5.74) is 6.01. The van der Waals surface area contributed by atoms with Gasteiger partial charge in [0.1, 0.15) is 6.04 Å². The molecule has 0 fully saturated rings. The molecule has 0 spiro atoms. The van der Waals surface area contributed by atoms with Crippen LogP contribution in [0.25, 0.3) is 0 Å². The summed E-state index contributed by atoms with van der Waals surface area (Å²) >= 11 is 3.36. The average molecular weight is 255 g/mol. The molecule has 4 nitrogen and oxygen atoms in total. The number of hydrogen-bond donors (Lipinski definition) is 1. The summed E-state index contributed by atoms with van der Waals surface area (Å²) in [5.74, 6) is 3.03. The van der Waals surface area contributed by atoms with E-state index in [4.69, 9.17) is 10.3 Å². The Morgan fingerprint density at radius 1 is 1.62 bits per heavy atom. The van der Waals surface area contributed by atoms with Crippen molar-refractivity contribution in [1.82, 2.24) is 10.1 Å². The van der Waals surface area contributed by atoms with Gasteiger partial charge in [-0.25, -0.2) is 0 Å². The van der Waals surface area contributed by atoms with Crippen molar-refractivity contribution >= 4 is 23.1 Å². The normalized spacial score (nSPS) is 12.9. The lowest BCUT2D eigenvalue weighted by atomic mass is 10.2. The lowest BCUT2D eigenvalue weighted by Crippen LogP contribution is -2.10. The highest BCUT2D eigenvalue weighted by atomic mass is 32.2. The van der Waals surface area contributed by atoms with Crippen LogP contribution in [0.5, 0.6) is 0 Å². The van der Waals surface area contributed by atoms with Crippen LogP contribution in [-0.2, 0) is 5.75 Å². The van der Waals surface area contributed by atoms with E-state index in [1.807, 2.05) is 17.5 Å². The molecule has 0 aliphatic rings. The largest absolute Gasteiger partial charge is 0.337 e. The van der Waals surface area contributed by atoms with Crippen LogP contribution < -0.4 is 5.73 Å². The molecule has 0 amide bonds. The van der Waals surface area contributed by atoms with Crippen molar-refractivity contribution in [3.05, 3.63) is 34.1 Å². The number of rotatable bonds is 5. The van der Waals surface area contributed by atoms with Crippen LogP contribution >= 0.6 is 23.1 Å². The van der Waals surface area contributed by atoms with E-state index in [2.05, 4.69) is 17.1 Å². The predicted molar refractivity (Wildman–Crippen MR) is 66.5 cm³/mol. The first-order chi connectivity index (χ1) is 7.81. The lowest BCUT2D eigenvalue weighted by molar-refractivity contribution is 0.364. The summed E-state index contributed by atoms with van der Waals surface area (Å²) in [6, 6.07) is 3.64. The second kappa shape index (κ2) is 5.47. The molecule has 1 unspecified atom stereocenters. The van der Waals surface area contributed by atoms with Crippen LogP contribution in [0.15, 0.2) is 22.0 Å². The summed E-state index contributed by atoms with van der Waals surface area (Å²) in [6.45, 7) is 2.10. The van der Waals surface area contributed by atoms with E-state index in [-0.39, 0.29) is 6.04 Å². The molecule has 0 saturated heterocycles. The number of nitrogens with zero attached hydrogens (tertiary/aromatic N) is 2. The van der Waals surface area contributed by atoms with Crippen molar-refractivity contribution in [2.75, 3.05) is 5.75 Å². The van der Waals surface area contributed by atoms with Gasteiger partial charge < -0.3 is 10.3 Å². The molecule has 2 aromatic heterocycles. The van der Waals surface area contributed by atoms with Gasteiger partial charge in [-0.3, -0.25) is 0 Å². The Bertz CT molecular complexity index is 427. The van der Waals surface area contributed by atoms with Crippen molar-refractivity contribution in [3.8, 4) is 0 Å². The molecule has 2 N–H and O–H groups in total. The second-order valence-electron chi connectivity index (χ2n) is 3.18. The molecule has 16 heavy (non-hydrogen) atoms. The van der Waals surface area contributed by atoms with E-state index in [0.717, 1.165) is 16.4 Å². The van der Waals surface area contributed by atoms with Gasteiger partial charge in [0, 0.05) is 4.88 Å². The van der Waals surface area contributed by atoms with Gasteiger partial charge in [-0.15, -0.1) is 11.3 Å². The lowest BCUT2D eigenvalue weighted by Gasteiger charge is -2.01. The third kappa shape index (κ3) is 2.63. The summed E-state index contributed by atoms with van der Waals surface area (Å²) < 4.78 is 5.15. The van der Waals surface area contributed by atoms with Gasteiger partial charge in [-0.05, 0) is 17.2 Å². The highest BCUT2D eigenvalue weighted by Crippen LogP contribution is 2.22. The molecule has 2 rings (SSSR count). The quantitative estimate of drug-likeness (QED) is 0.889. The zero-order valence-electron chi connectivity index (χ0n) is 8.92. The molecule has 86 valence electrons. The van der Waals surface area contributed by atoms with Crippen LogP contribution in [0.1, 0.15) is 29.6 Å². The number of nitrogens with two attached hydrogens (primary N) is 1. The fourth-order valence-electron chi connectivity index (χ4n) is 1.24. The number of thiophene rings is 1. The Morgan fingerprint density at radius 2 is 2.50 bits per heavy atom. The zero-order valence-corrected chi connectivity index (χ0v) is 10.6. The molecule has 2 heterocycles. The molecule has 0 bridgehead atoms. The second-order valence-corrected chi connectivity index (χ2v) is 5.43. The smallest absolute Gasteiger partial charge is 0.249 e. The number of aromatic nitrogens is 2. The molecule has 0 aromatic carbocycles. The average Bonchev–Trinajstić information content (AvgIpc) is 2.96. The van der Waals surface area contributed by atoms with Gasteiger partial charge in [0.15, 0.2) is 5.82 Å². The Balaban J connectivity index is 2.06. The van der Waals surface area contributed by atoms with Crippen LogP contribution in [0.2, 0.25) is 0 Å². The standard InChI is InChI=1S/C10H13N3OS2/c1-2-15-6-8-12-10(14-13-8)9(11)7-4-3-5-16-7/h3-5,9H,2,6,11H2,1H3. The summed E-state index contributed by atoms with van der Waals surface area (Å²) in [7, 11) is 0. The van der Waals surface area contributed by atoms with Crippen LogP contribution in [0.4, 0.5) is 0 Å². The first-order valence-electron chi connectivity index (χ1n) is 5.00.